The summed E-state index contributed by atoms with van der Waals surface area (Å²) in [6.45, 7) is 3.03. The summed E-state index contributed by atoms with van der Waals surface area (Å²) in [6.07, 6.45) is 2.92. The lowest BCUT2D eigenvalue weighted by Gasteiger charge is -2.23. The van der Waals surface area contributed by atoms with E-state index in [1.165, 1.54) is 6.07 Å². The van der Waals surface area contributed by atoms with Gasteiger partial charge in [0.1, 0.15) is 6.04 Å². The van der Waals surface area contributed by atoms with Gasteiger partial charge in [0.05, 0.1) is 11.0 Å². The highest BCUT2D eigenvalue weighted by Crippen LogP contribution is 2.28. The average molecular weight is 425 g/mol. The lowest BCUT2D eigenvalue weighted by molar-refractivity contribution is -0.151. The summed E-state index contributed by atoms with van der Waals surface area (Å²) in [6, 6.07) is 3.69. The van der Waals surface area contributed by atoms with Crippen LogP contribution in [0.15, 0.2) is 23.1 Å². The molecule has 1 saturated heterocycles. The van der Waals surface area contributed by atoms with E-state index >= 15 is 0 Å². The predicted octanol–water partition coefficient (Wildman–Crippen LogP) is 1.03. The minimum Gasteiger partial charge on any atom is -0.454 e. The van der Waals surface area contributed by atoms with E-state index in [1.54, 1.807) is 12.1 Å². The van der Waals surface area contributed by atoms with Crippen molar-refractivity contribution >= 4 is 21.9 Å². The second-order valence-electron chi connectivity index (χ2n) is 7.88. The van der Waals surface area contributed by atoms with E-state index in [0.717, 1.165) is 41.1 Å². The number of nitrogens with one attached hydrogen (secondary N) is 1. The molecule has 1 saturated carbocycles. The van der Waals surface area contributed by atoms with Crippen molar-refractivity contribution in [2.45, 2.75) is 69.0 Å². The normalized spacial score (nSPS) is 23.3. The summed E-state index contributed by atoms with van der Waals surface area (Å²) in [5.74, 6) is -1.22. The van der Waals surface area contributed by atoms with E-state index < -0.39 is 40.7 Å². The monoisotopic (exact) mass is 424 g/mol. The number of benzene rings is 1. The van der Waals surface area contributed by atoms with E-state index in [1.807, 2.05) is 13.8 Å². The zero-order valence-corrected chi connectivity index (χ0v) is 17.6. The molecule has 160 valence electrons. The Kier molecular flexibility index (Phi) is 6.60. The number of aliphatic hydroxyl groups is 1. The zero-order chi connectivity index (χ0) is 21.2. The number of β-amino-alcohol motifs (C(OH)–C–C–N with tert-alkyl or cyclic N) is 1. The van der Waals surface area contributed by atoms with Gasteiger partial charge in [-0.05, 0) is 49.9 Å². The molecule has 9 heteroatoms. The van der Waals surface area contributed by atoms with Gasteiger partial charge in [0.2, 0.25) is 10.0 Å². The molecule has 1 aliphatic carbocycles. The Morgan fingerprint density at radius 1 is 1.21 bits per heavy atom. The van der Waals surface area contributed by atoms with Gasteiger partial charge in [-0.15, -0.1) is 0 Å². The van der Waals surface area contributed by atoms with Crippen molar-refractivity contribution in [1.29, 1.82) is 0 Å². The Bertz CT molecular complexity index is 879. The highest BCUT2D eigenvalue weighted by atomic mass is 32.2. The first-order chi connectivity index (χ1) is 13.7. The van der Waals surface area contributed by atoms with Crippen molar-refractivity contribution in [1.82, 2.24) is 9.62 Å². The number of aryl methyl sites for hydroxylation is 2. The molecule has 0 spiro atoms. The summed E-state index contributed by atoms with van der Waals surface area (Å²) >= 11 is 0. The highest BCUT2D eigenvalue weighted by molar-refractivity contribution is 7.89. The summed E-state index contributed by atoms with van der Waals surface area (Å²) < 4.78 is 32.2. The Hall–Kier alpha value is -1.97. The fourth-order valence-corrected chi connectivity index (χ4v) is 5.56. The maximum Gasteiger partial charge on any atom is 0.325 e. The van der Waals surface area contributed by atoms with E-state index in [4.69, 9.17) is 4.74 Å². The molecule has 2 unspecified atom stereocenters. The van der Waals surface area contributed by atoms with Crippen molar-refractivity contribution in [2.24, 2.45) is 0 Å². The van der Waals surface area contributed by atoms with Crippen LogP contribution in [0.4, 0.5) is 0 Å². The van der Waals surface area contributed by atoms with Crippen LogP contribution in [0, 0.1) is 13.8 Å². The van der Waals surface area contributed by atoms with Crippen molar-refractivity contribution in [3.05, 3.63) is 29.3 Å². The number of sulfonamides is 1. The van der Waals surface area contributed by atoms with Crippen LogP contribution in [0.2, 0.25) is 0 Å². The van der Waals surface area contributed by atoms with Crippen molar-refractivity contribution in [3.63, 3.8) is 0 Å². The number of nitrogens with zero attached hydrogens (tertiary/aromatic N) is 1. The minimum absolute atomic E-state index is 0.0616. The van der Waals surface area contributed by atoms with Gasteiger partial charge in [0.15, 0.2) is 6.61 Å². The molecular formula is C20H28N2O6S. The lowest BCUT2D eigenvalue weighted by Crippen LogP contribution is -2.43. The summed E-state index contributed by atoms with van der Waals surface area (Å²) in [5.41, 5.74) is 1.77. The number of aliphatic hydroxyl groups excluding tert-OH is 1. The lowest BCUT2D eigenvalue weighted by atomic mass is 10.1. The van der Waals surface area contributed by atoms with E-state index in [9.17, 15) is 23.1 Å². The molecule has 2 N–H and O–H groups in total. The second kappa shape index (κ2) is 8.81. The molecule has 8 nitrogen and oxygen atoms in total. The molecule has 3 rings (SSSR count). The van der Waals surface area contributed by atoms with Crippen LogP contribution >= 0.6 is 0 Å². The Morgan fingerprint density at radius 2 is 1.90 bits per heavy atom. The second-order valence-corrected chi connectivity index (χ2v) is 9.77. The smallest absolute Gasteiger partial charge is 0.325 e. The van der Waals surface area contributed by atoms with Gasteiger partial charge in [-0.1, -0.05) is 18.9 Å². The van der Waals surface area contributed by atoms with Crippen LogP contribution < -0.4 is 5.32 Å². The molecular weight excluding hydrogens is 396 g/mol. The SMILES string of the molecule is Cc1ccc(S(=O)(=O)N2CC(O)CC2C(=O)OCC(=O)NC2CCCC2)cc1C. The fourth-order valence-electron chi connectivity index (χ4n) is 3.85. The molecule has 2 atom stereocenters. The van der Waals surface area contributed by atoms with Crippen LogP contribution in [-0.2, 0) is 24.3 Å². The van der Waals surface area contributed by atoms with Crippen molar-refractivity contribution in [3.8, 4) is 0 Å². The molecule has 0 aromatic heterocycles. The van der Waals surface area contributed by atoms with Gasteiger partial charge in [-0.2, -0.15) is 4.31 Å². The Labute approximate surface area is 171 Å². The maximum absolute atomic E-state index is 13.1. The number of hydrogen-bond acceptors (Lipinski definition) is 6. The number of rotatable bonds is 6. The van der Waals surface area contributed by atoms with Crippen LogP contribution in [0.5, 0.6) is 0 Å². The standard InChI is InChI=1S/C20H28N2O6S/c1-13-7-8-17(9-14(13)2)29(26,27)22-11-16(23)10-18(22)20(25)28-12-19(24)21-15-5-3-4-6-15/h7-9,15-16,18,23H,3-6,10-12H2,1-2H3,(H,21,24). The largest absolute Gasteiger partial charge is 0.454 e. The highest BCUT2D eigenvalue weighted by Gasteiger charge is 2.44. The van der Waals surface area contributed by atoms with Crippen LogP contribution in [0.1, 0.15) is 43.2 Å². The third-order valence-electron chi connectivity index (χ3n) is 5.66. The van der Waals surface area contributed by atoms with Crippen molar-refractivity contribution < 1.29 is 27.9 Å². The summed E-state index contributed by atoms with van der Waals surface area (Å²) in [5, 5.41) is 12.8. The average Bonchev–Trinajstić information content (AvgIpc) is 3.31. The molecule has 29 heavy (non-hydrogen) atoms. The molecule has 2 aliphatic rings. The molecule has 0 radical (unpaired) electrons. The minimum atomic E-state index is -3.99. The Morgan fingerprint density at radius 3 is 2.55 bits per heavy atom. The predicted molar refractivity (Wildman–Crippen MR) is 106 cm³/mol. The number of ether oxygens (including phenoxy) is 1. The molecule has 1 amide bonds. The number of hydrogen-bond donors (Lipinski definition) is 2. The van der Waals surface area contributed by atoms with Gasteiger partial charge in [0, 0.05) is 19.0 Å². The first-order valence-electron chi connectivity index (χ1n) is 9.91. The van der Waals surface area contributed by atoms with Crippen LogP contribution in [0.25, 0.3) is 0 Å². The summed E-state index contributed by atoms with van der Waals surface area (Å²) in [4.78, 5) is 24.6. The molecule has 1 aromatic carbocycles. The first kappa shape index (κ1) is 21.7. The van der Waals surface area contributed by atoms with Gasteiger partial charge in [-0.3, -0.25) is 9.59 Å². The van der Waals surface area contributed by atoms with Gasteiger partial charge in [0.25, 0.3) is 5.91 Å². The van der Waals surface area contributed by atoms with Gasteiger partial charge < -0.3 is 15.2 Å². The molecule has 0 bridgehead atoms. The number of amides is 1. The number of esters is 1. The summed E-state index contributed by atoms with van der Waals surface area (Å²) in [7, 11) is -3.99. The number of carbonyl (C=O) groups is 2. The zero-order valence-electron chi connectivity index (χ0n) is 16.8. The number of carbonyl (C=O) groups excluding carboxylic acids is 2. The molecule has 1 heterocycles. The molecule has 1 aromatic rings. The third-order valence-corrected chi connectivity index (χ3v) is 7.53. The van der Waals surface area contributed by atoms with E-state index in [0.29, 0.717) is 0 Å². The maximum atomic E-state index is 13.1. The third kappa shape index (κ3) is 4.96. The molecule has 2 fully saturated rings. The van der Waals surface area contributed by atoms with Crippen LogP contribution in [0.3, 0.4) is 0 Å². The first-order valence-corrected chi connectivity index (χ1v) is 11.4. The quantitative estimate of drug-likeness (QED) is 0.660. The topological polar surface area (TPSA) is 113 Å². The van der Waals surface area contributed by atoms with Gasteiger partial charge >= 0.3 is 5.97 Å². The Balaban J connectivity index is 1.67. The van der Waals surface area contributed by atoms with E-state index in [2.05, 4.69) is 5.32 Å². The molecule has 1 aliphatic heterocycles. The van der Waals surface area contributed by atoms with Crippen LogP contribution in [-0.4, -0.2) is 61.0 Å². The van der Waals surface area contributed by atoms with E-state index in [-0.39, 0.29) is 23.9 Å². The fraction of sp³-hybridized carbons (Fsp3) is 0.600. The van der Waals surface area contributed by atoms with Crippen molar-refractivity contribution in [2.75, 3.05) is 13.2 Å². The van der Waals surface area contributed by atoms with Gasteiger partial charge in [-0.25, -0.2) is 8.42 Å².